The molecule has 9 heteroatoms. The van der Waals surface area contributed by atoms with Crippen LogP contribution in [-0.2, 0) is 10.1 Å². The number of nitrogens with two attached hydrogens (primary N) is 2. The number of ether oxygens (including phenoxy) is 1. The molecule has 0 aliphatic carbocycles. The summed E-state index contributed by atoms with van der Waals surface area (Å²) in [4.78, 5) is 1.84. The summed E-state index contributed by atoms with van der Waals surface area (Å²) >= 11 is 0. The third-order valence-electron chi connectivity index (χ3n) is 5.08. The van der Waals surface area contributed by atoms with Crippen LogP contribution in [0, 0.1) is 12.3 Å². The molecule has 8 nitrogen and oxygen atoms in total. The van der Waals surface area contributed by atoms with Crippen LogP contribution in [0.5, 0.6) is 11.5 Å². The van der Waals surface area contributed by atoms with E-state index in [4.69, 9.17) is 25.8 Å². The summed E-state index contributed by atoms with van der Waals surface area (Å²) in [6.07, 6.45) is 1.56. The number of guanidine groups is 1. The maximum atomic E-state index is 12.7. The largest absolute Gasteiger partial charge is 0.492 e. The Morgan fingerprint density at radius 3 is 2.34 bits per heavy atom. The number of nitrogens with one attached hydrogen (secondary N) is 1. The summed E-state index contributed by atoms with van der Waals surface area (Å²) in [7, 11) is -2.53. The van der Waals surface area contributed by atoms with Gasteiger partial charge in [0.05, 0.1) is 7.11 Å². The Morgan fingerprint density at radius 1 is 1.17 bits per heavy atom. The summed E-state index contributed by atoms with van der Waals surface area (Å²) < 4.78 is 36.5. The van der Waals surface area contributed by atoms with Crippen molar-refractivity contribution in [3.05, 3.63) is 47.5 Å². The van der Waals surface area contributed by atoms with Gasteiger partial charge in [-0.2, -0.15) is 8.42 Å². The summed E-state index contributed by atoms with van der Waals surface area (Å²) in [5.74, 6) is 0.796. The second kappa shape index (κ2) is 8.20. The maximum absolute atomic E-state index is 12.7. The highest BCUT2D eigenvalue weighted by atomic mass is 32.2. The average molecular weight is 419 g/mol. The van der Waals surface area contributed by atoms with Crippen molar-refractivity contribution in [2.45, 2.75) is 30.6 Å². The molecule has 0 bridgehead atoms. The molecule has 29 heavy (non-hydrogen) atoms. The first-order valence-electron chi connectivity index (χ1n) is 9.29. The molecular weight excluding hydrogens is 392 g/mol. The van der Waals surface area contributed by atoms with Crippen LogP contribution in [-0.4, -0.2) is 39.5 Å². The van der Waals surface area contributed by atoms with Gasteiger partial charge in [-0.3, -0.25) is 5.41 Å². The van der Waals surface area contributed by atoms with Crippen molar-refractivity contribution >= 4 is 21.8 Å². The van der Waals surface area contributed by atoms with Gasteiger partial charge in [-0.1, -0.05) is 6.07 Å². The SMILES string of the molecule is COc1c(OS(=O)(=O)c2ccc(N)cc2)cc(C)cc1C1CCN(C(=N)N)CC1. The van der Waals surface area contributed by atoms with Crippen LogP contribution in [0.25, 0.3) is 0 Å². The smallest absolute Gasteiger partial charge is 0.339 e. The van der Waals surface area contributed by atoms with Crippen LogP contribution in [0.2, 0.25) is 0 Å². The Kier molecular flexibility index (Phi) is 5.88. The third-order valence-corrected chi connectivity index (χ3v) is 6.32. The molecule has 2 aromatic carbocycles. The third kappa shape index (κ3) is 4.56. The molecule has 1 aliphatic rings. The van der Waals surface area contributed by atoms with E-state index >= 15 is 0 Å². The average Bonchev–Trinajstić information content (AvgIpc) is 2.67. The van der Waals surface area contributed by atoms with Gasteiger partial charge in [0.15, 0.2) is 17.5 Å². The molecule has 0 radical (unpaired) electrons. The lowest BCUT2D eigenvalue weighted by molar-refractivity contribution is 0.301. The van der Waals surface area contributed by atoms with E-state index in [1.807, 2.05) is 17.9 Å². The van der Waals surface area contributed by atoms with Crippen LogP contribution in [0.1, 0.15) is 29.9 Å². The van der Waals surface area contributed by atoms with Crippen LogP contribution in [0.15, 0.2) is 41.3 Å². The van der Waals surface area contributed by atoms with Crippen molar-refractivity contribution in [2.75, 3.05) is 25.9 Å². The Hall–Kier alpha value is -2.94. The molecule has 1 saturated heterocycles. The van der Waals surface area contributed by atoms with Gasteiger partial charge in [-0.15, -0.1) is 0 Å². The topological polar surface area (TPSA) is 132 Å². The molecule has 3 rings (SSSR count). The molecule has 0 amide bonds. The zero-order valence-electron chi connectivity index (χ0n) is 16.5. The Labute approximate surface area is 171 Å². The monoisotopic (exact) mass is 418 g/mol. The minimum atomic E-state index is -4.04. The van der Waals surface area contributed by atoms with Crippen LogP contribution in [0.3, 0.4) is 0 Å². The van der Waals surface area contributed by atoms with Crippen molar-refractivity contribution in [1.29, 1.82) is 5.41 Å². The first-order valence-corrected chi connectivity index (χ1v) is 10.7. The lowest BCUT2D eigenvalue weighted by Crippen LogP contribution is -2.41. The second-order valence-corrected chi connectivity index (χ2v) is 8.68. The van der Waals surface area contributed by atoms with E-state index in [0.29, 0.717) is 24.5 Å². The van der Waals surface area contributed by atoms with E-state index in [2.05, 4.69) is 0 Å². The number of anilines is 1. The van der Waals surface area contributed by atoms with Crippen LogP contribution >= 0.6 is 0 Å². The molecule has 156 valence electrons. The Bertz CT molecular complexity index is 998. The first-order chi connectivity index (χ1) is 13.7. The fourth-order valence-corrected chi connectivity index (χ4v) is 4.51. The number of rotatable bonds is 5. The Morgan fingerprint density at radius 2 is 1.79 bits per heavy atom. The molecule has 1 aliphatic heterocycles. The van der Waals surface area contributed by atoms with Crippen molar-refractivity contribution < 1.29 is 17.3 Å². The maximum Gasteiger partial charge on any atom is 0.339 e. The standard InChI is InChI=1S/C20H26N4O4S/c1-13-11-17(14-7-9-24(10-8-14)20(22)23)19(27-2)18(12-13)28-29(25,26)16-5-3-15(21)4-6-16/h3-6,11-12,14H,7-10,21H2,1-2H3,(H3,22,23). The molecule has 1 heterocycles. The number of benzene rings is 2. The fourth-order valence-electron chi connectivity index (χ4n) is 3.58. The van der Waals surface area contributed by atoms with E-state index in [1.54, 1.807) is 6.07 Å². The number of hydrogen-bond donors (Lipinski definition) is 3. The van der Waals surface area contributed by atoms with Crippen molar-refractivity contribution in [2.24, 2.45) is 5.73 Å². The predicted molar refractivity (Wildman–Crippen MR) is 112 cm³/mol. The van der Waals surface area contributed by atoms with Gasteiger partial charge in [-0.05, 0) is 61.6 Å². The number of likely N-dealkylation sites (tertiary alicyclic amines) is 1. The number of nitrogen functional groups attached to an aromatic ring is 1. The number of nitrogens with zero attached hydrogens (tertiary/aromatic N) is 1. The lowest BCUT2D eigenvalue weighted by Gasteiger charge is -2.33. The quantitative estimate of drug-likeness (QED) is 0.294. The van der Waals surface area contributed by atoms with Gasteiger partial charge in [0.2, 0.25) is 0 Å². The minimum Gasteiger partial charge on any atom is -0.492 e. The summed E-state index contributed by atoms with van der Waals surface area (Å²) in [6.45, 7) is 3.21. The molecule has 1 fully saturated rings. The van der Waals surface area contributed by atoms with Crippen LogP contribution < -0.4 is 20.4 Å². The van der Waals surface area contributed by atoms with Gasteiger partial charge in [0.25, 0.3) is 0 Å². The van der Waals surface area contributed by atoms with E-state index < -0.39 is 10.1 Å². The summed E-state index contributed by atoms with van der Waals surface area (Å²) in [6, 6.07) is 9.49. The van der Waals surface area contributed by atoms with Gasteiger partial charge >= 0.3 is 10.1 Å². The van der Waals surface area contributed by atoms with E-state index in [-0.39, 0.29) is 22.5 Å². The minimum absolute atomic E-state index is 0.0200. The van der Waals surface area contributed by atoms with Crippen LogP contribution in [0.4, 0.5) is 5.69 Å². The number of hydrogen-bond acceptors (Lipinski definition) is 6. The highest BCUT2D eigenvalue weighted by Gasteiger charge is 2.27. The van der Waals surface area contributed by atoms with E-state index in [9.17, 15) is 8.42 Å². The first kappa shape index (κ1) is 20.8. The number of aryl methyl sites for hydroxylation is 1. The molecule has 2 aromatic rings. The molecule has 0 unspecified atom stereocenters. The molecular formula is C20H26N4O4S. The van der Waals surface area contributed by atoms with E-state index in [1.165, 1.54) is 31.4 Å². The molecule has 0 spiro atoms. The fraction of sp³-hybridized carbons (Fsp3) is 0.350. The van der Waals surface area contributed by atoms with E-state index in [0.717, 1.165) is 24.0 Å². The second-order valence-electron chi connectivity index (χ2n) is 7.14. The van der Waals surface area contributed by atoms with Gasteiger partial charge in [0.1, 0.15) is 4.90 Å². The normalized spacial score (nSPS) is 15.2. The van der Waals surface area contributed by atoms with Crippen molar-refractivity contribution in [1.82, 2.24) is 4.90 Å². The molecule has 0 aromatic heterocycles. The van der Waals surface area contributed by atoms with Crippen molar-refractivity contribution in [3.8, 4) is 11.5 Å². The highest BCUT2D eigenvalue weighted by molar-refractivity contribution is 7.87. The zero-order valence-corrected chi connectivity index (χ0v) is 17.3. The number of methoxy groups -OCH3 is 1. The van der Waals surface area contributed by atoms with Gasteiger partial charge in [-0.25, -0.2) is 0 Å². The Balaban J connectivity index is 1.92. The molecule has 0 saturated carbocycles. The number of piperidine rings is 1. The lowest BCUT2D eigenvalue weighted by atomic mass is 9.88. The summed E-state index contributed by atoms with van der Waals surface area (Å²) in [5.41, 5.74) is 13.5. The zero-order chi connectivity index (χ0) is 21.2. The molecule has 5 N–H and O–H groups in total. The predicted octanol–water partition coefficient (Wildman–Crippen LogP) is 2.43. The summed E-state index contributed by atoms with van der Waals surface area (Å²) in [5, 5.41) is 7.58. The van der Waals surface area contributed by atoms with Gasteiger partial charge < -0.3 is 25.3 Å². The highest BCUT2D eigenvalue weighted by Crippen LogP contribution is 2.41. The van der Waals surface area contributed by atoms with Gasteiger partial charge in [0, 0.05) is 24.3 Å². The molecule has 0 atom stereocenters. The van der Waals surface area contributed by atoms with Crippen molar-refractivity contribution in [3.63, 3.8) is 0 Å².